The number of nitrogens with two attached hydrogens (primary N) is 2. The number of carboxylic acid groups (broad SMARTS) is 1. The number of carboxylic acids is 1. The van der Waals surface area contributed by atoms with Crippen molar-refractivity contribution in [2.45, 2.75) is 38.7 Å². The molecule has 33 nitrogen and oxygen atoms in total. The third kappa shape index (κ3) is 37.9. The lowest BCUT2D eigenvalue weighted by atomic mass is 10.1. The van der Waals surface area contributed by atoms with Crippen LogP contribution in [-0.2, 0) is 54.9 Å². The number of Topliss-reactive ketones (excluding diaryl/α,β-unsaturated/α-hetero) is 1. The van der Waals surface area contributed by atoms with E-state index in [4.69, 9.17) is 50.5 Å². The molecule has 10 rings (SSSR count). The van der Waals surface area contributed by atoms with Crippen molar-refractivity contribution in [3.63, 3.8) is 0 Å². The molecule has 0 saturated heterocycles. The maximum absolute atomic E-state index is 12.2. The first-order chi connectivity index (χ1) is 57.2. The molecule has 0 saturated carbocycles. The number of alkyl halides is 6. The van der Waals surface area contributed by atoms with Crippen LogP contribution in [0, 0.1) is 22.7 Å². The van der Waals surface area contributed by atoms with Gasteiger partial charge in [0, 0.05) is 92.9 Å². The number of rotatable bonds is 17. The topological polar surface area (TPSA) is 511 Å². The number of hydrazine groups is 2. The highest BCUT2D eigenvalue weighted by molar-refractivity contribution is 9.10. The van der Waals surface area contributed by atoms with Crippen molar-refractivity contribution in [3.8, 4) is 23.6 Å². The van der Waals surface area contributed by atoms with Gasteiger partial charge < -0.3 is 39.0 Å². The van der Waals surface area contributed by atoms with E-state index in [1.807, 2.05) is 29.9 Å². The van der Waals surface area contributed by atoms with Gasteiger partial charge in [-0.2, -0.15) is 10.5 Å². The van der Waals surface area contributed by atoms with Gasteiger partial charge in [0.05, 0.1) is 82.7 Å². The van der Waals surface area contributed by atoms with Gasteiger partial charge in [-0.15, -0.1) is 38.1 Å². The average Bonchev–Trinajstić information content (AvgIpc) is 0.853. The quantitative estimate of drug-likeness (QED) is 0.00540. The summed E-state index contributed by atoms with van der Waals surface area (Å²) < 4.78 is 168. The van der Waals surface area contributed by atoms with Gasteiger partial charge in [0.2, 0.25) is 0 Å². The van der Waals surface area contributed by atoms with Crippen molar-refractivity contribution in [3.05, 3.63) is 276 Å². The summed E-state index contributed by atoms with van der Waals surface area (Å²) in [5.74, 6) is 5.69. The normalized spacial score (nSPS) is 10.7. The molecule has 0 aliphatic carbocycles. The SMILES string of the molecule is COC(=O)c1ccc(Br)cn1.COC(=O)c1ccc(C#N)cc1.COC(=O)c1ccc(S(C)(=O)=O)cn1.COC(=O)c1ccc(SC)cn1.CS(=O)(=O)c1ccc(C(=Nc2ccc(OC(F)(F)F)cc2Cl)NN)nc1.CS(=O)(=O)c1ccc(C(=O)Cc2ccc(OC(F)(F)F)cc2Cl)nc1.N#Cc1ccc(C(=O)NN)cc1.O=C(O)c1ccc(Br)cn1. The molecular weight excluding hydrogens is 1880 g/mol. The van der Waals surface area contributed by atoms with E-state index in [1.54, 1.807) is 97.0 Å². The van der Waals surface area contributed by atoms with Crippen LogP contribution in [0.2, 0.25) is 10.0 Å². The Morgan fingerprint density at radius 3 is 1.17 bits per heavy atom. The number of esters is 4. The first-order valence-electron chi connectivity index (χ1n) is 32.6. The highest BCUT2D eigenvalue weighted by Crippen LogP contribution is 2.33. The lowest BCUT2D eigenvalue weighted by Crippen LogP contribution is -2.31. The average molecular weight is 1940 g/mol. The number of sulfone groups is 3. The van der Waals surface area contributed by atoms with Crippen molar-refractivity contribution >= 4 is 149 Å². The van der Waals surface area contributed by atoms with E-state index in [-0.39, 0.29) is 82.9 Å². The summed E-state index contributed by atoms with van der Waals surface area (Å²) in [5.41, 5.74) is 7.61. The fraction of sp³-hybridized carbons (Fsp3) is 0.147. The Hall–Kier alpha value is -12.4. The van der Waals surface area contributed by atoms with E-state index in [9.17, 15) is 85.2 Å². The minimum atomic E-state index is -4.84. The Bertz CT molecular complexity index is 5660. The number of nitriles is 2. The number of carbonyl (C=O) groups is 7. The minimum Gasteiger partial charge on any atom is -0.477 e. The molecule has 0 aliphatic heterocycles. The minimum absolute atomic E-state index is 0.00399. The van der Waals surface area contributed by atoms with Crippen molar-refractivity contribution in [2.75, 3.05) is 53.5 Å². The molecule has 7 N–H and O–H groups in total. The highest BCUT2D eigenvalue weighted by Gasteiger charge is 2.32. The van der Waals surface area contributed by atoms with E-state index in [0.29, 0.717) is 33.6 Å². The lowest BCUT2D eigenvalue weighted by molar-refractivity contribution is -0.275. The van der Waals surface area contributed by atoms with Gasteiger partial charge in [0.15, 0.2) is 41.1 Å². The molecule has 6 aromatic heterocycles. The summed E-state index contributed by atoms with van der Waals surface area (Å²) in [6.07, 6.45) is 3.13. The Morgan fingerprint density at radius 1 is 0.484 bits per heavy atom. The number of aromatic nitrogens is 6. The fourth-order valence-electron chi connectivity index (χ4n) is 7.93. The van der Waals surface area contributed by atoms with E-state index in [2.05, 4.69) is 101 Å². The highest BCUT2D eigenvalue weighted by atomic mass is 79.9. The number of nitrogens with one attached hydrogen (secondary N) is 2. The number of pyridine rings is 6. The zero-order valence-corrected chi connectivity index (χ0v) is 71.9. The molecule has 0 fully saturated rings. The molecule has 47 heteroatoms. The Labute approximate surface area is 722 Å². The molecule has 6 heterocycles. The summed E-state index contributed by atoms with van der Waals surface area (Å²) in [6.45, 7) is 0. The summed E-state index contributed by atoms with van der Waals surface area (Å²) in [5, 5.41) is 25.1. The largest absolute Gasteiger partial charge is 0.573 e. The summed E-state index contributed by atoms with van der Waals surface area (Å²) in [4.78, 5) is 105. The second kappa shape index (κ2) is 50.0. The number of methoxy groups -OCH3 is 4. The van der Waals surface area contributed by atoms with Crippen LogP contribution in [0.5, 0.6) is 11.5 Å². The van der Waals surface area contributed by atoms with Crippen molar-refractivity contribution in [2.24, 2.45) is 16.7 Å². The van der Waals surface area contributed by atoms with Crippen molar-refractivity contribution < 1.29 is 119 Å². The first-order valence-corrected chi connectivity index (χ1v) is 41.9. The number of ether oxygens (including phenoxy) is 6. The van der Waals surface area contributed by atoms with Gasteiger partial charge in [0.1, 0.15) is 45.7 Å². The number of hydrogen-bond donors (Lipinski definition) is 5. The molecule has 1 amide bonds. The summed E-state index contributed by atoms with van der Waals surface area (Å²) in [7, 11) is -4.90. The number of carbonyl (C=O) groups excluding carboxylic acids is 6. The number of ketones is 1. The molecule has 0 unspecified atom stereocenters. The molecule has 0 atom stereocenters. The summed E-state index contributed by atoms with van der Waals surface area (Å²) in [6, 6.07) is 40.5. The molecule has 0 bridgehead atoms. The maximum Gasteiger partial charge on any atom is 0.573 e. The van der Waals surface area contributed by atoms with Crippen LogP contribution in [0.15, 0.2) is 228 Å². The monoisotopic (exact) mass is 1940 g/mol. The second-order valence-corrected chi connectivity index (χ2v) is 32.1. The van der Waals surface area contributed by atoms with Gasteiger partial charge in [-0.3, -0.25) is 25.0 Å². The number of nitrogen functional groups attached to an aromatic ring is 1. The number of nitrogens with zero attached hydrogens (tertiary/aromatic N) is 9. The van der Waals surface area contributed by atoms with Gasteiger partial charge >= 0.3 is 42.6 Å². The zero-order valence-electron chi connectivity index (χ0n) is 64.0. The van der Waals surface area contributed by atoms with Gasteiger partial charge in [-0.1, -0.05) is 29.3 Å². The molecular formula is C75H65Br2Cl2F6N13O20S4. The maximum atomic E-state index is 12.2. The molecule has 0 spiro atoms. The van der Waals surface area contributed by atoms with Crippen LogP contribution in [0.25, 0.3) is 0 Å². The number of aliphatic imine (C=N–C) groups is 1. The number of hydrogen-bond acceptors (Lipinski definition) is 31. The molecule has 0 radical (unpaired) electrons. The van der Waals surface area contributed by atoms with Crippen LogP contribution in [0.3, 0.4) is 0 Å². The predicted octanol–water partition coefficient (Wildman–Crippen LogP) is 12.6. The summed E-state index contributed by atoms with van der Waals surface area (Å²) >= 11 is 19.7. The molecule has 122 heavy (non-hydrogen) atoms. The van der Waals surface area contributed by atoms with Crippen LogP contribution in [0.1, 0.15) is 95.5 Å². The van der Waals surface area contributed by atoms with Gasteiger partial charge in [0.25, 0.3) is 5.91 Å². The number of amidine groups is 1. The third-order valence-corrected chi connectivity index (χ3v) is 19.4. The first kappa shape index (κ1) is 104. The Balaban J connectivity index is 0.000000370. The number of benzene rings is 4. The predicted molar refractivity (Wildman–Crippen MR) is 436 cm³/mol. The zero-order chi connectivity index (χ0) is 91.9. The fourth-order valence-corrected chi connectivity index (χ4v) is 10.9. The van der Waals surface area contributed by atoms with Gasteiger partial charge in [-0.25, -0.2) is 85.8 Å². The number of thioether (sulfide) groups is 1. The van der Waals surface area contributed by atoms with E-state index in [0.717, 1.165) is 75.5 Å². The molecule has 0 aliphatic rings. The molecule has 10 aromatic rings. The van der Waals surface area contributed by atoms with Crippen LogP contribution >= 0.6 is 66.8 Å². The van der Waals surface area contributed by atoms with E-state index >= 15 is 0 Å². The van der Waals surface area contributed by atoms with Crippen LogP contribution < -0.4 is 32.0 Å². The lowest BCUT2D eigenvalue weighted by Gasteiger charge is -2.10. The smallest absolute Gasteiger partial charge is 0.477 e. The third-order valence-electron chi connectivity index (χ3n) is 13.8. The van der Waals surface area contributed by atoms with Crippen molar-refractivity contribution in [1.82, 2.24) is 40.8 Å². The van der Waals surface area contributed by atoms with Crippen LogP contribution in [-0.4, -0.2) is 174 Å². The number of halogens is 10. The second-order valence-electron chi connectivity index (χ2n) is 22.6. The number of aromatic carboxylic acids is 1. The standard InChI is InChI=1S/C15H11ClF3NO4S.C14H12ClF3N4O3S.C9H7NO2.C8H7N3O.C8H9NO4S.C8H9NO2S.C7H6BrNO2.C6H4BrNO2/c1-25(22,23)11-4-5-13(20-8-11)14(21)6-9-2-3-10(7-12(9)16)24-15(17,18)19;1-26(23,24)9-3-5-12(20-7-9)13(22-19)21-11-4-2-8(6-10(11)15)25-14(16,17)18;1-12-9(11)8-4-2-7(6-10)3-5-8;9-5-6-1-3-7(4-2-6)8(12)11-10;1-13-8(10)7-4-3-6(5-9-7)14(2,11)12;1-11-8(10)7-4-3-6(12-2)5-9-7;1-11-7(10)6-3-2-5(8)4-9-6;7-4-1-2-5(6(9)10)8-3-4/h2-5,7-8H,6H2,1H3;2-7H,19H2,1H3,(H,21,22);2-5H,1H3;1-4H,10H2,(H,11,12);3-5H,1-2H3;3-5H,1-2H3;2-4H,1H3;1-3H,(H,9,10). The van der Waals surface area contributed by atoms with Crippen molar-refractivity contribution in [1.29, 1.82) is 10.5 Å². The van der Waals surface area contributed by atoms with E-state index in [1.165, 1.54) is 89.2 Å². The van der Waals surface area contributed by atoms with Crippen LogP contribution in [0.4, 0.5) is 32.0 Å². The van der Waals surface area contributed by atoms with Gasteiger partial charge in [-0.05, 0) is 189 Å². The Morgan fingerprint density at radius 2 is 0.852 bits per heavy atom. The Kier molecular flexibility index (Phi) is 42.5. The molecule has 4 aromatic carbocycles. The number of amides is 1. The van der Waals surface area contributed by atoms with E-state index < -0.39 is 83.4 Å². The molecule has 644 valence electrons.